The largest absolute Gasteiger partial charge is 0.396 e. The van der Waals surface area contributed by atoms with Gasteiger partial charge in [-0.15, -0.1) is 0 Å². The summed E-state index contributed by atoms with van der Waals surface area (Å²) in [4.78, 5) is 2.52. The molecule has 0 spiro atoms. The minimum atomic E-state index is 0.151. The van der Waals surface area contributed by atoms with Gasteiger partial charge in [-0.2, -0.15) is 5.10 Å². The predicted molar refractivity (Wildman–Crippen MR) is 102 cm³/mol. The molecule has 1 N–H and O–H groups in total. The number of likely N-dealkylation sites (tertiary alicyclic amines) is 1. The number of aliphatic hydroxyl groups excluding tert-OH is 1. The van der Waals surface area contributed by atoms with Crippen molar-refractivity contribution in [2.45, 2.75) is 53.1 Å². The molecule has 136 valence electrons. The second-order valence-electron chi connectivity index (χ2n) is 7.58. The van der Waals surface area contributed by atoms with Gasteiger partial charge in [0.05, 0.1) is 12.2 Å². The Morgan fingerprint density at radius 2 is 1.76 bits per heavy atom. The topological polar surface area (TPSA) is 41.3 Å². The van der Waals surface area contributed by atoms with Crippen molar-refractivity contribution in [3.05, 3.63) is 52.8 Å². The van der Waals surface area contributed by atoms with Gasteiger partial charge in [-0.3, -0.25) is 9.58 Å². The van der Waals surface area contributed by atoms with E-state index in [1.807, 2.05) is 0 Å². The van der Waals surface area contributed by atoms with Gasteiger partial charge >= 0.3 is 0 Å². The van der Waals surface area contributed by atoms with E-state index in [0.717, 1.165) is 51.1 Å². The van der Waals surface area contributed by atoms with Crippen molar-refractivity contribution >= 4 is 0 Å². The van der Waals surface area contributed by atoms with E-state index >= 15 is 0 Å². The van der Waals surface area contributed by atoms with Crippen LogP contribution in [0.15, 0.2) is 30.3 Å². The van der Waals surface area contributed by atoms with Crippen molar-refractivity contribution in [1.29, 1.82) is 0 Å². The van der Waals surface area contributed by atoms with E-state index < -0.39 is 0 Å². The number of aryl methyl sites for hydroxylation is 1. The minimum Gasteiger partial charge on any atom is -0.396 e. The normalized spacial score (nSPS) is 17.8. The van der Waals surface area contributed by atoms with Gasteiger partial charge in [-0.05, 0) is 57.2 Å². The Morgan fingerprint density at radius 3 is 2.36 bits per heavy atom. The summed E-state index contributed by atoms with van der Waals surface area (Å²) in [6.07, 6.45) is 3.26. The summed E-state index contributed by atoms with van der Waals surface area (Å²) in [5.74, 6) is 0. The molecule has 0 unspecified atom stereocenters. The third-order valence-corrected chi connectivity index (χ3v) is 6.09. The number of piperidine rings is 1. The molecule has 1 aliphatic rings. The van der Waals surface area contributed by atoms with Crippen LogP contribution in [0.3, 0.4) is 0 Å². The highest BCUT2D eigenvalue weighted by atomic mass is 16.3. The fraction of sp³-hybridized carbons (Fsp3) is 0.571. The van der Waals surface area contributed by atoms with Crippen LogP contribution in [0.1, 0.15) is 48.7 Å². The van der Waals surface area contributed by atoms with E-state index in [-0.39, 0.29) is 5.41 Å². The third kappa shape index (κ3) is 3.96. The fourth-order valence-electron chi connectivity index (χ4n) is 3.91. The van der Waals surface area contributed by atoms with Crippen molar-refractivity contribution in [3.8, 4) is 0 Å². The van der Waals surface area contributed by atoms with Crippen molar-refractivity contribution in [1.82, 2.24) is 14.7 Å². The van der Waals surface area contributed by atoms with Crippen LogP contribution in [0, 0.1) is 19.3 Å². The Labute approximate surface area is 151 Å². The quantitative estimate of drug-likeness (QED) is 0.874. The molecular weight excluding hydrogens is 310 g/mol. The van der Waals surface area contributed by atoms with Crippen LogP contribution in [0.2, 0.25) is 0 Å². The Balaban J connectivity index is 1.68. The number of rotatable bonds is 6. The molecule has 2 aromatic rings. The lowest BCUT2D eigenvalue weighted by atomic mass is 9.77. The van der Waals surface area contributed by atoms with Crippen LogP contribution >= 0.6 is 0 Å². The molecule has 3 rings (SSSR count). The first-order valence-corrected chi connectivity index (χ1v) is 9.47. The molecule has 0 saturated carbocycles. The van der Waals surface area contributed by atoms with Crippen LogP contribution < -0.4 is 0 Å². The summed E-state index contributed by atoms with van der Waals surface area (Å²) in [6.45, 7) is 10.8. The summed E-state index contributed by atoms with van der Waals surface area (Å²) in [5.41, 5.74) is 5.22. The molecule has 0 amide bonds. The number of aliphatic hydroxyl groups is 1. The molecule has 25 heavy (non-hydrogen) atoms. The average Bonchev–Trinajstić information content (AvgIpc) is 2.91. The van der Waals surface area contributed by atoms with E-state index in [2.05, 4.69) is 60.7 Å². The first-order valence-electron chi connectivity index (χ1n) is 9.47. The first kappa shape index (κ1) is 18.2. The summed E-state index contributed by atoms with van der Waals surface area (Å²) >= 11 is 0. The fourth-order valence-corrected chi connectivity index (χ4v) is 3.91. The highest BCUT2D eigenvalue weighted by molar-refractivity contribution is 5.26. The molecule has 1 saturated heterocycles. The third-order valence-electron chi connectivity index (χ3n) is 6.09. The zero-order chi connectivity index (χ0) is 17.9. The van der Waals surface area contributed by atoms with E-state index in [4.69, 9.17) is 5.10 Å². The van der Waals surface area contributed by atoms with Crippen LogP contribution in [-0.2, 0) is 13.1 Å². The van der Waals surface area contributed by atoms with Gasteiger partial charge in [0.2, 0.25) is 0 Å². The SMILES string of the molecule is CCC1(CO)CCN(Cc2c(C)nn(Cc3ccccc3)c2C)CC1. The molecule has 0 bridgehead atoms. The van der Waals surface area contributed by atoms with Crippen LogP contribution in [0.5, 0.6) is 0 Å². The van der Waals surface area contributed by atoms with Gasteiger partial charge < -0.3 is 5.11 Å². The molecule has 1 aromatic heterocycles. The number of hydrogen-bond donors (Lipinski definition) is 1. The van der Waals surface area contributed by atoms with Gasteiger partial charge in [0.1, 0.15) is 0 Å². The molecule has 0 atom stereocenters. The van der Waals surface area contributed by atoms with Crippen LogP contribution in [0.25, 0.3) is 0 Å². The van der Waals surface area contributed by atoms with E-state index in [1.165, 1.54) is 16.8 Å². The van der Waals surface area contributed by atoms with Crippen molar-refractivity contribution in [3.63, 3.8) is 0 Å². The Kier molecular flexibility index (Phi) is 5.60. The van der Waals surface area contributed by atoms with E-state index in [1.54, 1.807) is 0 Å². The second kappa shape index (κ2) is 7.71. The minimum absolute atomic E-state index is 0.151. The molecular formula is C21H31N3O. The Hall–Kier alpha value is -1.65. The lowest BCUT2D eigenvalue weighted by Gasteiger charge is -2.40. The van der Waals surface area contributed by atoms with Gasteiger partial charge in [-0.25, -0.2) is 0 Å². The predicted octanol–water partition coefficient (Wildman–Crippen LogP) is 3.53. The lowest BCUT2D eigenvalue weighted by Crippen LogP contribution is -2.41. The van der Waals surface area contributed by atoms with Gasteiger partial charge in [0.15, 0.2) is 0 Å². The second-order valence-corrected chi connectivity index (χ2v) is 7.58. The molecule has 0 radical (unpaired) electrons. The van der Waals surface area contributed by atoms with Crippen molar-refractivity contribution in [2.75, 3.05) is 19.7 Å². The molecule has 1 aromatic carbocycles. The molecule has 1 aliphatic heterocycles. The highest BCUT2D eigenvalue weighted by Gasteiger charge is 2.32. The monoisotopic (exact) mass is 341 g/mol. The maximum Gasteiger partial charge on any atom is 0.0662 e. The molecule has 0 aliphatic carbocycles. The van der Waals surface area contributed by atoms with E-state index in [9.17, 15) is 5.11 Å². The summed E-state index contributed by atoms with van der Waals surface area (Å²) in [7, 11) is 0. The molecule has 2 heterocycles. The Morgan fingerprint density at radius 1 is 1.08 bits per heavy atom. The maximum atomic E-state index is 9.72. The van der Waals surface area contributed by atoms with E-state index in [0.29, 0.717) is 6.61 Å². The zero-order valence-electron chi connectivity index (χ0n) is 15.8. The highest BCUT2D eigenvalue weighted by Crippen LogP contribution is 2.34. The zero-order valence-corrected chi connectivity index (χ0v) is 15.8. The summed E-state index contributed by atoms with van der Waals surface area (Å²) in [6, 6.07) is 10.5. The van der Waals surface area contributed by atoms with Crippen molar-refractivity contribution in [2.24, 2.45) is 5.41 Å². The maximum absolute atomic E-state index is 9.72. The number of hydrogen-bond acceptors (Lipinski definition) is 3. The standard InChI is InChI=1S/C21H31N3O/c1-4-21(16-25)10-12-23(13-11-21)15-20-17(2)22-24(18(20)3)14-19-8-6-5-7-9-19/h5-9,25H,4,10-16H2,1-3H3. The average molecular weight is 341 g/mol. The van der Waals surface area contributed by atoms with Gasteiger partial charge in [0, 0.05) is 24.4 Å². The smallest absolute Gasteiger partial charge is 0.0662 e. The summed E-state index contributed by atoms with van der Waals surface area (Å²) < 4.78 is 2.13. The number of benzene rings is 1. The molecule has 4 nitrogen and oxygen atoms in total. The van der Waals surface area contributed by atoms with Crippen molar-refractivity contribution < 1.29 is 5.11 Å². The summed E-state index contributed by atoms with van der Waals surface area (Å²) in [5, 5.41) is 14.5. The molecule has 1 fully saturated rings. The lowest BCUT2D eigenvalue weighted by molar-refractivity contribution is 0.0381. The number of aromatic nitrogens is 2. The number of nitrogens with zero attached hydrogens (tertiary/aromatic N) is 3. The molecule has 4 heteroatoms. The van der Waals surface area contributed by atoms with Crippen LogP contribution in [0.4, 0.5) is 0 Å². The van der Waals surface area contributed by atoms with Gasteiger partial charge in [0.25, 0.3) is 0 Å². The first-order chi connectivity index (χ1) is 12.1. The van der Waals surface area contributed by atoms with Gasteiger partial charge in [-0.1, -0.05) is 37.3 Å². The van der Waals surface area contributed by atoms with Crippen LogP contribution in [-0.4, -0.2) is 39.5 Å². The Bertz CT molecular complexity index is 679.